The van der Waals surface area contributed by atoms with Crippen LogP contribution in [0.4, 0.5) is 0 Å². The van der Waals surface area contributed by atoms with Crippen LogP contribution in [-0.4, -0.2) is 24.6 Å². The molecule has 0 fully saturated rings. The Kier molecular flexibility index (Phi) is 5.03. The van der Waals surface area contributed by atoms with Gasteiger partial charge in [0.1, 0.15) is 5.78 Å². The van der Waals surface area contributed by atoms with Gasteiger partial charge in [0, 0.05) is 10.9 Å². The molecule has 0 aliphatic rings. The SMILES string of the molecule is COC(=O)C(=O)CC(=O)Cc1ccc(Br)cc1. The van der Waals surface area contributed by atoms with E-state index in [1.54, 1.807) is 12.1 Å². The van der Waals surface area contributed by atoms with Crippen molar-refractivity contribution in [1.82, 2.24) is 0 Å². The average Bonchev–Trinajstić information content (AvgIpc) is 2.30. The van der Waals surface area contributed by atoms with Gasteiger partial charge in [0.2, 0.25) is 5.78 Å². The topological polar surface area (TPSA) is 60.4 Å². The van der Waals surface area contributed by atoms with Gasteiger partial charge in [-0.05, 0) is 17.7 Å². The van der Waals surface area contributed by atoms with Crippen molar-refractivity contribution < 1.29 is 19.1 Å². The lowest BCUT2D eigenvalue weighted by Gasteiger charge is -2.00. The molecule has 4 nitrogen and oxygen atoms in total. The fourth-order valence-corrected chi connectivity index (χ4v) is 1.52. The van der Waals surface area contributed by atoms with E-state index in [1.165, 1.54) is 0 Å². The lowest BCUT2D eigenvalue weighted by atomic mass is 10.1. The Morgan fingerprint density at radius 1 is 1.18 bits per heavy atom. The van der Waals surface area contributed by atoms with Crippen LogP contribution < -0.4 is 0 Å². The average molecular weight is 299 g/mol. The van der Waals surface area contributed by atoms with Crippen LogP contribution in [0.2, 0.25) is 0 Å². The Morgan fingerprint density at radius 2 is 1.76 bits per heavy atom. The van der Waals surface area contributed by atoms with E-state index < -0.39 is 18.2 Å². The molecule has 1 aromatic rings. The number of hydrogen-bond acceptors (Lipinski definition) is 4. The molecule has 0 bridgehead atoms. The second-order valence-corrected chi connectivity index (χ2v) is 4.35. The molecule has 1 aromatic carbocycles. The number of esters is 1. The maximum absolute atomic E-state index is 11.5. The molecular weight excluding hydrogens is 288 g/mol. The Labute approximate surface area is 107 Å². The highest BCUT2D eigenvalue weighted by atomic mass is 79.9. The number of carbonyl (C=O) groups excluding carboxylic acids is 3. The minimum atomic E-state index is -0.978. The fraction of sp³-hybridized carbons (Fsp3) is 0.250. The van der Waals surface area contributed by atoms with Crippen molar-refractivity contribution in [2.45, 2.75) is 12.8 Å². The molecule has 5 heteroatoms. The summed E-state index contributed by atoms with van der Waals surface area (Å²) in [7, 11) is 1.11. The third-order valence-electron chi connectivity index (χ3n) is 2.09. The first kappa shape index (κ1) is 13.6. The molecule has 0 amide bonds. The van der Waals surface area contributed by atoms with Crippen molar-refractivity contribution >= 4 is 33.5 Å². The lowest BCUT2D eigenvalue weighted by molar-refractivity contribution is -0.152. The summed E-state index contributed by atoms with van der Waals surface area (Å²) >= 11 is 3.28. The van der Waals surface area contributed by atoms with E-state index >= 15 is 0 Å². The molecule has 0 N–H and O–H groups in total. The first-order chi connectivity index (χ1) is 8.02. The number of Topliss-reactive ketones (excluding diaryl/α,β-unsaturated/α-hetero) is 2. The van der Waals surface area contributed by atoms with Crippen molar-refractivity contribution in [3.05, 3.63) is 34.3 Å². The van der Waals surface area contributed by atoms with Gasteiger partial charge in [0.15, 0.2) is 0 Å². The summed E-state index contributed by atoms with van der Waals surface area (Å²) in [5, 5.41) is 0. The molecule has 0 heterocycles. The summed E-state index contributed by atoms with van der Waals surface area (Å²) in [6.45, 7) is 0. The van der Waals surface area contributed by atoms with Crippen molar-refractivity contribution in [3.8, 4) is 0 Å². The van der Waals surface area contributed by atoms with Crippen molar-refractivity contribution in [2.75, 3.05) is 7.11 Å². The van der Waals surface area contributed by atoms with Crippen LogP contribution in [-0.2, 0) is 25.5 Å². The van der Waals surface area contributed by atoms with E-state index in [4.69, 9.17) is 0 Å². The normalized spacial score (nSPS) is 9.76. The third kappa shape index (κ3) is 4.48. The van der Waals surface area contributed by atoms with Gasteiger partial charge in [-0.1, -0.05) is 28.1 Å². The summed E-state index contributed by atoms with van der Waals surface area (Å²) in [6, 6.07) is 7.19. The number of hydrogen-bond donors (Lipinski definition) is 0. The highest BCUT2D eigenvalue weighted by molar-refractivity contribution is 9.10. The fourth-order valence-electron chi connectivity index (χ4n) is 1.26. The Balaban J connectivity index is 2.53. The van der Waals surface area contributed by atoms with Crippen LogP contribution in [0, 0.1) is 0 Å². The molecule has 17 heavy (non-hydrogen) atoms. The standard InChI is InChI=1S/C12H11BrO4/c1-17-12(16)11(15)7-10(14)6-8-2-4-9(13)5-3-8/h2-5H,6-7H2,1H3. The first-order valence-corrected chi connectivity index (χ1v) is 5.69. The Morgan fingerprint density at radius 3 is 2.29 bits per heavy atom. The molecule has 1 rings (SSSR count). The van der Waals surface area contributed by atoms with Crippen molar-refractivity contribution in [2.24, 2.45) is 0 Å². The minimum absolute atomic E-state index is 0.135. The molecule has 0 unspecified atom stereocenters. The van der Waals surface area contributed by atoms with Gasteiger partial charge < -0.3 is 4.74 Å². The highest BCUT2D eigenvalue weighted by Gasteiger charge is 2.18. The maximum atomic E-state index is 11.5. The summed E-state index contributed by atoms with van der Waals surface area (Å²) in [6.07, 6.45) is -0.279. The predicted octanol–water partition coefficient (Wildman–Crippen LogP) is 1.69. The van der Waals surface area contributed by atoms with Gasteiger partial charge in [-0.15, -0.1) is 0 Å². The van der Waals surface area contributed by atoms with Gasteiger partial charge in [-0.25, -0.2) is 4.79 Å². The molecule has 0 atom stereocenters. The maximum Gasteiger partial charge on any atom is 0.374 e. The number of ketones is 2. The second kappa shape index (κ2) is 6.30. The number of halogens is 1. The van der Waals surface area contributed by atoms with E-state index in [0.29, 0.717) is 0 Å². The van der Waals surface area contributed by atoms with Crippen LogP contribution in [0.25, 0.3) is 0 Å². The van der Waals surface area contributed by atoms with Crippen molar-refractivity contribution in [1.29, 1.82) is 0 Å². The van der Waals surface area contributed by atoms with Crippen LogP contribution in [0.5, 0.6) is 0 Å². The van der Waals surface area contributed by atoms with E-state index in [1.807, 2.05) is 12.1 Å². The molecule has 0 saturated carbocycles. The number of carbonyl (C=O) groups is 3. The zero-order valence-electron chi connectivity index (χ0n) is 9.23. The molecule has 0 aliphatic carbocycles. The molecule has 0 aliphatic heterocycles. The molecule has 0 spiro atoms. The number of benzene rings is 1. The van der Waals surface area contributed by atoms with Crippen molar-refractivity contribution in [3.63, 3.8) is 0 Å². The second-order valence-electron chi connectivity index (χ2n) is 3.43. The van der Waals surface area contributed by atoms with Gasteiger partial charge in [0.25, 0.3) is 0 Å². The van der Waals surface area contributed by atoms with E-state index in [0.717, 1.165) is 17.1 Å². The van der Waals surface area contributed by atoms with Gasteiger partial charge in [0.05, 0.1) is 13.5 Å². The van der Waals surface area contributed by atoms with Crippen LogP contribution >= 0.6 is 15.9 Å². The lowest BCUT2D eigenvalue weighted by Crippen LogP contribution is -2.20. The van der Waals surface area contributed by atoms with E-state index in [-0.39, 0.29) is 12.2 Å². The Bertz CT molecular complexity index is 436. The van der Waals surface area contributed by atoms with Crippen LogP contribution in [0.3, 0.4) is 0 Å². The summed E-state index contributed by atoms with van der Waals surface area (Å²) in [5.74, 6) is -2.09. The molecule has 0 saturated heterocycles. The molecule has 0 aromatic heterocycles. The molecule has 0 radical (unpaired) electrons. The molecule has 90 valence electrons. The summed E-state index contributed by atoms with van der Waals surface area (Å²) in [4.78, 5) is 33.4. The van der Waals surface area contributed by atoms with Crippen LogP contribution in [0.15, 0.2) is 28.7 Å². The Hall–Kier alpha value is -1.49. The quantitative estimate of drug-likeness (QED) is 0.471. The summed E-state index contributed by atoms with van der Waals surface area (Å²) < 4.78 is 5.15. The number of methoxy groups -OCH3 is 1. The first-order valence-electron chi connectivity index (χ1n) is 4.90. The van der Waals surface area contributed by atoms with Crippen LogP contribution in [0.1, 0.15) is 12.0 Å². The smallest absolute Gasteiger partial charge is 0.374 e. The molecular formula is C12H11BrO4. The predicted molar refractivity (Wildman–Crippen MR) is 64.5 cm³/mol. The largest absolute Gasteiger partial charge is 0.463 e. The van der Waals surface area contributed by atoms with E-state index in [2.05, 4.69) is 20.7 Å². The summed E-state index contributed by atoms with van der Waals surface area (Å²) in [5.41, 5.74) is 0.802. The highest BCUT2D eigenvalue weighted by Crippen LogP contribution is 2.11. The zero-order valence-corrected chi connectivity index (χ0v) is 10.8. The minimum Gasteiger partial charge on any atom is -0.463 e. The zero-order chi connectivity index (χ0) is 12.8. The monoisotopic (exact) mass is 298 g/mol. The number of rotatable bonds is 5. The van der Waals surface area contributed by atoms with Gasteiger partial charge in [-0.3, -0.25) is 9.59 Å². The van der Waals surface area contributed by atoms with Gasteiger partial charge in [-0.2, -0.15) is 0 Å². The third-order valence-corrected chi connectivity index (χ3v) is 2.61. The number of ether oxygens (including phenoxy) is 1. The van der Waals surface area contributed by atoms with Gasteiger partial charge >= 0.3 is 5.97 Å². The van der Waals surface area contributed by atoms with E-state index in [9.17, 15) is 14.4 Å².